The smallest absolute Gasteiger partial charge is 0.133 e. The first-order valence-electron chi connectivity index (χ1n) is 6.08. The molecular formula is C13H23N3. The van der Waals surface area contributed by atoms with Gasteiger partial charge in [-0.15, -0.1) is 0 Å². The first-order valence-corrected chi connectivity index (χ1v) is 6.08. The van der Waals surface area contributed by atoms with E-state index < -0.39 is 0 Å². The van der Waals surface area contributed by atoms with Crippen LogP contribution in [0.1, 0.15) is 45.7 Å². The van der Waals surface area contributed by atoms with Gasteiger partial charge in [0.05, 0.1) is 0 Å². The Bertz CT molecular complexity index is 323. The molecule has 0 aliphatic rings. The molecule has 0 amide bonds. The van der Waals surface area contributed by atoms with E-state index in [0.29, 0.717) is 6.04 Å². The lowest BCUT2D eigenvalue weighted by atomic mass is 10.1. The van der Waals surface area contributed by atoms with E-state index in [1.54, 1.807) is 0 Å². The second-order valence-electron chi connectivity index (χ2n) is 4.25. The maximum absolute atomic E-state index is 5.98. The maximum atomic E-state index is 5.98. The Labute approximate surface area is 98.7 Å². The van der Waals surface area contributed by atoms with Crippen molar-refractivity contribution in [3.8, 4) is 0 Å². The Hall–Kier alpha value is -1.09. The summed E-state index contributed by atoms with van der Waals surface area (Å²) in [4.78, 5) is 6.80. The van der Waals surface area contributed by atoms with E-state index in [1.807, 2.05) is 19.2 Å². The van der Waals surface area contributed by atoms with Gasteiger partial charge in [-0.1, -0.05) is 13.0 Å². The van der Waals surface area contributed by atoms with Crippen molar-refractivity contribution in [3.05, 3.63) is 23.9 Å². The summed E-state index contributed by atoms with van der Waals surface area (Å²) in [5.74, 6) is 1.04. The third kappa shape index (κ3) is 2.73. The lowest BCUT2D eigenvalue weighted by molar-refractivity contribution is 0.616. The van der Waals surface area contributed by atoms with Gasteiger partial charge in [0, 0.05) is 30.4 Å². The highest BCUT2D eigenvalue weighted by atomic mass is 15.2. The fourth-order valence-corrected chi connectivity index (χ4v) is 1.90. The monoisotopic (exact) mass is 221 g/mol. The third-order valence-corrected chi connectivity index (χ3v) is 3.04. The Kier molecular flexibility index (Phi) is 4.74. The molecule has 0 aromatic carbocycles. The quantitative estimate of drug-likeness (QED) is 0.831. The van der Waals surface area contributed by atoms with Gasteiger partial charge in [-0.05, 0) is 33.3 Å². The van der Waals surface area contributed by atoms with Crippen LogP contribution in [0.4, 0.5) is 5.82 Å². The summed E-state index contributed by atoms with van der Waals surface area (Å²) >= 11 is 0. The molecule has 0 aliphatic heterocycles. The van der Waals surface area contributed by atoms with Crippen LogP contribution < -0.4 is 10.6 Å². The van der Waals surface area contributed by atoms with Crippen LogP contribution in [0, 0.1) is 0 Å². The van der Waals surface area contributed by atoms with Crippen molar-refractivity contribution in [2.24, 2.45) is 5.73 Å². The van der Waals surface area contributed by atoms with E-state index in [4.69, 9.17) is 5.73 Å². The van der Waals surface area contributed by atoms with Crippen LogP contribution >= 0.6 is 0 Å². The molecule has 90 valence electrons. The summed E-state index contributed by atoms with van der Waals surface area (Å²) in [7, 11) is 0. The summed E-state index contributed by atoms with van der Waals surface area (Å²) in [6, 6.07) is 4.55. The molecule has 2 atom stereocenters. The summed E-state index contributed by atoms with van der Waals surface area (Å²) < 4.78 is 0. The van der Waals surface area contributed by atoms with Gasteiger partial charge in [-0.2, -0.15) is 0 Å². The lowest BCUT2D eigenvalue weighted by Crippen LogP contribution is -2.34. The minimum atomic E-state index is 0.0295. The van der Waals surface area contributed by atoms with Crippen molar-refractivity contribution in [3.63, 3.8) is 0 Å². The highest BCUT2D eigenvalue weighted by Gasteiger charge is 2.17. The first-order chi connectivity index (χ1) is 7.61. The third-order valence-electron chi connectivity index (χ3n) is 3.04. The van der Waals surface area contributed by atoms with Gasteiger partial charge in [0.1, 0.15) is 5.82 Å². The molecular weight excluding hydrogens is 198 g/mol. The number of hydrogen-bond donors (Lipinski definition) is 1. The van der Waals surface area contributed by atoms with Gasteiger partial charge in [0.2, 0.25) is 0 Å². The largest absolute Gasteiger partial charge is 0.354 e. The fourth-order valence-electron chi connectivity index (χ4n) is 1.90. The Morgan fingerprint density at radius 1 is 1.38 bits per heavy atom. The molecule has 3 heteroatoms. The molecule has 2 unspecified atom stereocenters. The maximum Gasteiger partial charge on any atom is 0.133 e. The summed E-state index contributed by atoms with van der Waals surface area (Å²) in [6.07, 6.45) is 2.95. The van der Waals surface area contributed by atoms with Crippen LogP contribution in [-0.4, -0.2) is 17.6 Å². The standard InChI is InChI=1S/C13H23N3/c1-5-10(3)16(6-2)13-12(11(4)14)8-7-9-15-13/h7-11H,5-6,14H2,1-4H3. The van der Waals surface area contributed by atoms with Crippen molar-refractivity contribution in [1.29, 1.82) is 0 Å². The highest BCUT2D eigenvalue weighted by Crippen LogP contribution is 2.24. The van der Waals surface area contributed by atoms with Crippen LogP contribution in [0.25, 0.3) is 0 Å². The molecule has 0 fully saturated rings. The van der Waals surface area contributed by atoms with Crippen LogP contribution in [-0.2, 0) is 0 Å². The van der Waals surface area contributed by atoms with E-state index in [1.165, 1.54) is 0 Å². The first kappa shape index (κ1) is 13.0. The molecule has 0 spiro atoms. The van der Waals surface area contributed by atoms with Crippen LogP contribution in [0.3, 0.4) is 0 Å². The number of rotatable bonds is 5. The number of anilines is 1. The Morgan fingerprint density at radius 2 is 2.06 bits per heavy atom. The lowest BCUT2D eigenvalue weighted by Gasteiger charge is -2.30. The highest BCUT2D eigenvalue weighted by molar-refractivity contribution is 5.48. The number of aromatic nitrogens is 1. The summed E-state index contributed by atoms with van der Waals surface area (Å²) in [6.45, 7) is 9.55. The van der Waals surface area contributed by atoms with Gasteiger partial charge in [-0.3, -0.25) is 0 Å². The van der Waals surface area contributed by atoms with Crippen LogP contribution in [0.5, 0.6) is 0 Å². The van der Waals surface area contributed by atoms with Crippen molar-refractivity contribution in [2.45, 2.75) is 46.2 Å². The molecule has 3 nitrogen and oxygen atoms in total. The molecule has 0 saturated carbocycles. The zero-order valence-electron chi connectivity index (χ0n) is 10.8. The van der Waals surface area contributed by atoms with Crippen LogP contribution in [0.2, 0.25) is 0 Å². The number of pyridine rings is 1. The molecule has 0 radical (unpaired) electrons. The predicted octanol–water partition coefficient (Wildman–Crippen LogP) is 2.73. The number of hydrogen-bond acceptors (Lipinski definition) is 3. The molecule has 1 heterocycles. The van der Waals surface area contributed by atoms with Crippen molar-refractivity contribution >= 4 is 5.82 Å². The number of nitrogens with two attached hydrogens (primary N) is 1. The van der Waals surface area contributed by atoms with E-state index in [2.05, 4.69) is 36.7 Å². The van der Waals surface area contributed by atoms with Gasteiger partial charge < -0.3 is 10.6 Å². The number of nitrogens with zero attached hydrogens (tertiary/aromatic N) is 2. The normalized spacial score (nSPS) is 14.6. The predicted molar refractivity (Wildman–Crippen MR) is 69.6 cm³/mol. The molecule has 16 heavy (non-hydrogen) atoms. The van der Waals surface area contributed by atoms with Crippen molar-refractivity contribution in [2.75, 3.05) is 11.4 Å². The summed E-state index contributed by atoms with van der Waals surface area (Å²) in [5, 5.41) is 0. The minimum absolute atomic E-state index is 0.0295. The van der Waals surface area contributed by atoms with E-state index in [-0.39, 0.29) is 6.04 Å². The van der Waals surface area contributed by atoms with Crippen LogP contribution in [0.15, 0.2) is 18.3 Å². The topological polar surface area (TPSA) is 42.2 Å². The average molecular weight is 221 g/mol. The second kappa shape index (κ2) is 5.85. The van der Waals surface area contributed by atoms with Crippen molar-refractivity contribution < 1.29 is 0 Å². The van der Waals surface area contributed by atoms with E-state index in [0.717, 1.165) is 24.3 Å². The van der Waals surface area contributed by atoms with Gasteiger partial charge in [-0.25, -0.2) is 4.98 Å². The molecule has 1 aromatic rings. The fraction of sp³-hybridized carbons (Fsp3) is 0.615. The van der Waals surface area contributed by atoms with Gasteiger partial charge in [0.15, 0.2) is 0 Å². The Balaban J connectivity index is 3.09. The summed E-state index contributed by atoms with van der Waals surface area (Å²) in [5.41, 5.74) is 7.11. The second-order valence-corrected chi connectivity index (χ2v) is 4.25. The SMILES string of the molecule is CCC(C)N(CC)c1ncccc1C(C)N. The average Bonchev–Trinajstić information content (AvgIpc) is 2.30. The zero-order valence-corrected chi connectivity index (χ0v) is 10.8. The van der Waals surface area contributed by atoms with E-state index >= 15 is 0 Å². The molecule has 0 bridgehead atoms. The Morgan fingerprint density at radius 3 is 2.56 bits per heavy atom. The molecule has 0 saturated heterocycles. The molecule has 0 aliphatic carbocycles. The van der Waals surface area contributed by atoms with Gasteiger partial charge >= 0.3 is 0 Å². The zero-order chi connectivity index (χ0) is 12.1. The molecule has 2 N–H and O–H groups in total. The minimum Gasteiger partial charge on any atom is -0.354 e. The van der Waals surface area contributed by atoms with Gasteiger partial charge in [0.25, 0.3) is 0 Å². The molecule has 1 aromatic heterocycles. The van der Waals surface area contributed by atoms with E-state index in [9.17, 15) is 0 Å². The molecule has 1 rings (SSSR count). The van der Waals surface area contributed by atoms with Crippen molar-refractivity contribution in [1.82, 2.24) is 4.98 Å².